The maximum atomic E-state index is 11.6. The average Bonchev–Trinajstić information content (AvgIpc) is 2.36. The maximum absolute atomic E-state index is 11.6. The Morgan fingerprint density at radius 1 is 1.33 bits per heavy atom. The van der Waals surface area contributed by atoms with Crippen LogP contribution in [0.15, 0.2) is 18.5 Å². The predicted octanol–water partition coefficient (Wildman–Crippen LogP) is 1.22. The van der Waals surface area contributed by atoms with Crippen molar-refractivity contribution in [3.63, 3.8) is 0 Å². The van der Waals surface area contributed by atoms with E-state index in [-0.39, 0.29) is 13.0 Å². The van der Waals surface area contributed by atoms with Crippen LogP contribution in [0.2, 0.25) is 0 Å². The minimum Gasteiger partial charge on any atom is -0.481 e. The lowest BCUT2D eigenvalue weighted by molar-refractivity contribution is -0.149. The van der Waals surface area contributed by atoms with Gasteiger partial charge < -0.3 is 10.4 Å². The molecule has 0 unspecified atom stereocenters. The van der Waals surface area contributed by atoms with Gasteiger partial charge in [0.05, 0.1) is 5.41 Å². The third-order valence-electron chi connectivity index (χ3n) is 3.02. The first-order valence-corrected chi connectivity index (χ1v) is 6.43. The van der Waals surface area contributed by atoms with Gasteiger partial charge in [0.2, 0.25) is 5.91 Å². The highest BCUT2D eigenvalue weighted by Gasteiger charge is 2.30. The Kier molecular flexibility index (Phi) is 5.40. The van der Waals surface area contributed by atoms with Crippen molar-refractivity contribution in [2.24, 2.45) is 5.41 Å². The highest BCUT2D eigenvalue weighted by molar-refractivity contribution is 5.96. The van der Waals surface area contributed by atoms with Crippen molar-refractivity contribution >= 4 is 17.9 Å². The topological polar surface area (TPSA) is 108 Å². The molecule has 114 valence electrons. The van der Waals surface area contributed by atoms with E-state index in [0.717, 1.165) is 11.1 Å². The molecule has 7 nitrogen and oxygen atoms in total. The van der Waals surface area contributed by atoms with Crippen LogP contribution in [0.1, 0.15) is 31.4 Å². The number of hydrogen-bond donors (Lipinski definition) is 3. The fourth-order valence-corrected chi connectivity index (χ4v) is 1.55. The molecule has 1 heterocycles. The number of aryl methyl sites for hydroxylation is 1. The van der Waals surface area contributed by atoms with E-state index in [9.17, 15) is 14.4 Å². The Bertz CT molecular complexity index is 555. The fraction of sp³-hybridized carbons (Fsp3) is 0.429. The van der Waals surface area contributed by atoms with Gasteiger partial charge >= 0.3 is 12.0 Å². The lowest BCUT2D eigenvalue weighted by Gasteiger charge is -2.17. The first-order chi connectivity index (χ1) is 9.72. The molecule has 3 amide bonds. The first kappa shape index (κ1) is 16.6. The van der Waals surface area contributed by atoms with E-state index in [4.69, 9.17) is 5.11 Å². The summed E-state index contributed by atoms with van der Waals surface area (Å²) in [5.41, 5.74) is 0.596. The minimum absolute atomic E-state index is 0.237. The van der Waals surface area contributed by atoms with Gasteiger partial charge in [-0.2, -0.15) is 0 Å². The molecule has 3 N–H and O–H groups in total. The molecule has 1 aromatic heterocycles. The van der Waals surface area contributed by atoms with E-state index >= 15 is 0 Å². The van der Waals surface area contributed by atoms with Gasteiger partial charge in [-0.05, 0) is 38.0 Å². The molecule has 1 rings (SSSR count). The third kappa shape index (κ3) is 5.21. The van der Waals surface area contributed by atoms with Crippen LogP contribution >= 0.6 is 0 Å². The van der Waals surface area contributed by atoms with Crippen molar-refractivity contribution in [3.8, 4) is 0 Å². The summed E-state index contributed by atoms with van der Waals surface area (Å²) in [7, 11) is 0. The minimum atomic E-state index is -1.22. The summed E-state index contributed by atoms with van der Waals surface area (Å²) in [5.74, 6) is -1.73. The average molecular weight is 293 g/mol. The zero-order chi connectivity index (χ0) is 16.0. The number of amides is 3. The summed E-state index contributed by atoms with van der Waals surface area (Å²) < 4.78 is 0. The van der Waals surface area contributed by atoms with Gasteiger partial charge in [-0.25, -0.2) is 4.79 Å². The number of carboxylic acid groups (broad SMARTS) is 1. The molecule has 0 atom stereocenters. The number of nitrogens with one attached hydrogen (secondary N) is 2. The van der Waals surface area contributed by atoms with E-state index < -0.39 is 23.3 Å². The number of aromatic nitrogens is 1. The molecule has 0 aliphatic heterocycles. The quantitative estimate of drug-likeness (QED) is 0.756. The highest BCUT2D eigenvalue weighted by Crippen LogP contribution is 2.19. The fourth-order valence-electron chi connectivity index (χ4n) is 1.55. The van der Waals surface area contributed by atoms with Crippen LogP contribution in [0.25, 0.3) is 0 Å². The number of pyridine rings is 1. The molecule has 1 aromatic rings. The Labute approximate surface area is 122 Å². The zero-order valence-corrected chi connectivity index (χ0v) is 12.3. The van der Waals surface area contributed by atoms with Gasteiger partial charge in [0, 0.05) is 25.4 Å². The van der Waals surface area contributed by atoms with Crippen molar-refractivity contribution in [2.75, 3.05) is 0 Å². The summed E-state index contributed by atoms with van der Waals surface area (Å²) in [4.78, 5) is 38.0. The maximum Gasteiger partial charge on any atom is 0.321 e. The number of imide groups is 1. The molecular weight excluding hydrogens is 274 g/mol. The summed E-state index contributed by atoms with van der Waals surface area (Å²) >= 11 is 0. The smallest absolute Gasteiger partial charge is 0.321 e. The summed E-state index contributed by atoms with van der Waals surface area (Å²) in [6.45, 7) is 4.97. The van der Waals surface area contributed by atoms with Gasteiger partial charge in [0.15, 0.2) is 0 Å². The summed E-state index contributed by atoms with van der Waals surface area (Å²) in [6, 6.07) is 1.15. The van der Waals surface area contributed by atoms with Crippen molar-refractivity contribution in [2.45, 2.75) is 33.7 Å². The normalized spacial score (nSPS) is 10.8. The van der Waals surface area contributed by atoms with Crippen LogP contribution in [-0.4, -0.2) is 28.0 Å². The van der Waals surface area contributed by atoms with Crippen LogP contribution in [0, 0.1) is 12.3 Å². The van der Waals surface area contributed by atoms with E-state index in [0.29, 0.717) is 0 Å². The molecule has 21 heavy (non-hydrogen) atoms. The Hall–Kier alpha value is -2.44. The van der Waals surface area contributed by atoms with E-state index in [1.807, 2.05) is 13.0 Å². The van der Waals surface area contributed by atoms with E-state index in [1.54, 1.807) is 12.4 Å². The first-order valence-electron chi connectivity index (χ1n) is 6.43. The number of urea groups is 1. The van der Waals surface area contributed by atoms with Crippen molar-refractivity contribution in [1.29, 1.82) is 0 Å². The molecule has 0 bridgehead atoms. The molecule has 0 saturated heterocycles. The SMILES string of the molecule is Cc1ccncc1CNC(=O)NC(=O)CC(C)(C)C(=O)O. The van der Waals surface area contributed by atoms with Gasteiger partial charge in [0.1, 0.15) is 0 Å². The molecule has 0 saturated carbocycles. The van der Waals surface area contributed by atoms with Crippen LogP contribution in [0.3, 0.4) is 0 Å². The Morgan fingerprint density at radius 2 is 2.00 bits per heavy atom. The van der Waals surface area contributed by atoms with Gasteiger partial charge in [0.25, 0.3) is 0 Å². The molecule has 0 aliphatic rings. The number of rotatable bonds is 5. The van der Waals surface area contributed by atoms with Gasteiger partial charge in [-0.1, -0.05) is 0 Å². The number of hydrogen-bond acceptors (Lipinski definition) is 4. The Morgan fingerprint density at radius 3 is 2.57 bits per heavy atom. The molecule has 7 heteroatoms. The molecule has 0 spiro atoms. The Balaban J connectivity index is 2.46. The summed E-state index contributed by atoms with van der Waals surface area (Å²) in [5, 5.41) is 13.6. The second-order valence-corrected chi connectivity index (χ2v) is 5.40. The predicted molar refractivity (Wildman–Crippen MR) is 75.4 cm³/mol. The number of nitrogens with zero attached hydrogens (tertiary/aromatic N) is 1. The number of carbonyl (C=O) groups is 3. The van der Waals surface area contributed by atoms with Crippen LogP contribution in [0.5, 0.6) is 0 Å². The van der Waals surface area contributed by atoms with Crippen LogP contribution < -0.4 is 10.6 Å². The number of carboxylic acids is 1. The highest BCUT2D eigenvalue weighted by atomic mass is 16.4. The van der Waals surface area contributed by atoms with E-state index in [1.165, 1.54) is 13.8 Å². The molecule has 0 fully saturated rings. The molecule has 0 aromatic carbocycles. The largest absolute Gasteiger partial charge is 0.481 e. The van der Waals surface area contributed by atoms with Crippen LogP contribution in [0.4, 0.5) is 4.79 Å². The van der Waals surface area contributed by atoms with Crippen LogP contribution in [-0.2, 0) is 16.1 Å². The second kappa shape index (κ2) is 6.83. The molecule has 0 radical (unpaired) electrons. The monoisotopic (exact) mass is 293 g/mol. The molecular formula is C14H19N3O4. The standard InChI is InChI=1S/C14H19N3O4/c1-9-4-5-15-7-10(9)8-16-13(21)17-11(18)6-14(2,3)12(19)20/h4-5,7H,6,8H2,1-3H3,(H,19,20)(H2,16,17,18,21). The van der Waals surface area contributed by atoms with Crippen molar-refractivity contribution in [1.82, 2.24) is 15.6 Å². The second-order valence-electron chi connectivity index (χ2n) is 5.40. The third-order valence-corrected chi connectivity index (χ3v) is 3.02. The van der Waals surface area contributed by atoms with Gasteiger partial charge in [-0.15, -0.1) is 0 Å². The van der Waals surface area contributed by atoms with Gasteiger partial charge in [-0.3, -0.25) is 19.9 Å². The zero-order valence-electron chi connectivity index (χ0n) is 12.3. The lowest BCUT2D eigenvalue weighted by Crippen LogP contribution is -2.41. The summed E-state index contributed by atoms with van der Waals surface area (Å²) in [6.07, 6.45) is 3.00. The van der Waals surface area contributed by atoms with E-state index in [2.05, 4.69) is 15.6 Å². The van der Waals surface area contributed by atoms with Crippen molar-refractivity contribution < 1.29 is 19.5 Å². The lowest BCUT2D eigenvalue weighted by atomic mass is 9.89. The number of carbonyl (C=O) groups excluding carboxylic acids is 2. The molecule has 0 aliphatic carbocycles. The van der Waals surface area contributed by atoms with Crippen molar-refractivity contribution in [3.05, 3.63) is 29.6 Å². The number of aliphatic carboxylic acids is 1.